The summed E-state index contributed by atoms with van der Waals surface area (Å²) < 4.78 is 5.18. The Hall–Kier alpha value is -2.86. The van der Waals surface area contributed by atoms with E-state index in [9.17, 15) is 9.59 Å². The maximum Gasteiger partial charge on any atom is 0.253 e. The molecule has 0 radical (unpaired) electrons. The second-order valence-electron chi connectivity index (χ2n) is 8.43. The van der Waals surface area contributed by atoms with Crippen molar-refractivity contribution < 1.29 is 14.3 Å². The summed E-state index contributed by atoms with van der Waals surface area (Å²) >= 11 is 0. The smallest absolute Gasteiger partial charge is 0.253 e. The molecule has 4 rings (SSSR count). The zero-order chi connectivity index (χ0) is 21.8. The Balaban J connectivity index is 1.45. The standard InChI is InChI=1S/C25H31N3O3/c1-3-15-28-24(30)22(18-19-7-5-4-6-8-19)26-25(28)13-16-27(17-14-25)23(29)20-9-11-21(31-2)12-10-20/h4-12,22,26H,3,13-18H2,1-2H3. The predicted molar refractivity (Wildman–Crippen MR) is 120 cm³/mol. The van der Waals surface area contributed by atoms with Gasteiger partial charge in [0, 0.05) is 38.0 Å². The van der Waals surface area contributed by atoms with Crippen LogP contribution in [-0.2, 0) is 11.2 Å². The fourth-order valence-corrected chi connectivity index (χ4v) is 4.81. The molecule has 6 heteroatoms. The highest BCUT2D eigenvalue weighted by Gasteiger charge is 2.51. The van der Waals surface area contributed by atoms with Gasteiger partial charge in [0.25, 0.3) is 5.91 Å². The molecule has 1 unspecified atom stereocenters. The van der Waals surface area contributed by atoms with Gasteiger partial charge in [-0.3, -0.25) is 14.9 Å². The van der Waals surface area contributed by atoms with Crippen LogP contribution in [0.3, 0.4) is 0 Å². The second-order valence-corrected chi connectivity index (χ2v) is 8.43. The molecule has 1 N–H and O–H groups in total. The van der Waals surface area contributed by atoms with Crippen LogP contribution in [-0.4, -0.2) is 60.1 Å². The van der Waals surface area contributed by atoms with Crippen LogP contribution in [0.1, 0.15) is 42.1 Å². The molecule has 2 aliphatic heterocycles. The van der Waals surface area contributed by atoms with Gasteiger partial charge in [-0.2, -0.15) is 0 Å². The van der Waals surface area contributed by atoms with Gasteiger partial charge < -0.3 is 14.5 Å². The third-order valence-electron chi connectivity index (χ3n) is 6.47. The van der Waals surface area contributed by atoms with E-state index in [4.69, 9.17) is 4.74 Å². The van der Waals surface area contributed by atoms with E-state index in [0.29, 0.717) is 25.1 Å². The van der Waals surface area contributed by atoms with Crippen LogP contribution >= 0.6 is 0 Å². The molecule has 0 aliphatic carbocycles. The number of piperidine rings is 1. The Labute approximate surface area is 184 Å². The average molecular weight is 422 g/mol. The van der Waals surface area contributed by atoms with Crippen LogP contribution < -0.4 is 10.1 Å². The maximum absolute atomic E-state index is 13.2. The predicted octanol–water partition coefficient (Wildman–Crippen LogP) is 3.08. The first kappa shape index (κ1) is 21.4. The monoisotopic (exact) mass is 421 g/mol. The third kappa shape index (κ3) is 4.30. The van der Waals surface area contributed by atoms with Crippen molar-refractivity contribution in [3.63, 3.8) is 0 Å². The number of methoxy groups -OCH3 is 1. The van der Waals surface area contributed by atoms with Gasteiger partial charge in [0.2, 0.25) is 5.91 Å². The molecule has 0 bridgehead atoms. The molecular formula is C25H31N3O3. The molecule has 6 nitrogen and oxygen atoms in total. The Bertz CT molecular complexity index is 905. The molecule has 2 aromatic carbocycles. The van der Waals surface area contributed by atoms with Crippen LogP contribution in [0.5, 0.6) is 5.75 Å². The topological polar surface area (TPSA) is 61.9 Å². The molecule has 1 atom stereocenters. The zero-order valence-corrected chi connectivity index (χ0v) is 18.3. The largest absolute Gasteiger partial charge is 0.497 e. The van der Waals surface area contributed by atoms with Crippen molar-refractivity contribution in [1.82, 2.24) is 15.1 Å². The quantitative estimate of drug-likeness (QED) is 0.779. The van der Waals surface area contributed by atoms with Crippen molar-refractivity contribution in [2.45, 2.75) is 44.3 Å². The molecule has 2 fully saturated rings. The van der Waals surface area contributed by atoms with Gasteiger partial charge in [-0.15, -0.1) is 0 Å². The van der Waals surface area contributed by atoms with Crippen molar-refractivity contribution in [2.75, 3.05) is 26.7 Å². The van der Waals surface area contributed by atoms with Crippen molar-refractivity contribution in [3.05, 3.63) is 65.7 Å². The number of benzene rings is 2. The SMILES string of the molecule is CCCN1C(=O)C(Cc2ccccc2)NC12CCN(C(=O)c1ccc(OC)cc1)CC2. The van der Waals surface area contributed by atoms with E-state index in [1.807, 2.05) is 52.3 Å². The van der Waals surface area contributed by atoms with Crippen molar-refractivity contribution >= 4 is 11.8 Å². The molecule has 2 saturated heterocycles. The zero-order valence-electron chi connectivity index (χ0n) is 18.3. The molecule has 2 aromatic rings. The number of carbonyl (C=O) groups is 2. The van der Waals surface area contributed by atoms with E-state index in [2.05, 4.69) is 24.4 Å². The van der Waals surface area contributed by atoms with Gasteiger partial charge >= 0.3 is 0 Å². The number of hydrogen-bond donors (Lipinski definition) is 1. The summed E-state index contributed by atoms with van der Waals surface area (Å²) in [5.41, 5.74) is 1.47. The summed E-state index contributed by atoms with van der Waals surface area (Å²) in [5.74, 6) is 0.952. The number of ether oxygens (including phenoxy) is 1. The molecule has 2 amide bonds. The highest BCUT2D eigenvalue weighted by atomic mass is 16.5. The number of nitrogens with one attached hydrogen (secondary N) is 1. The maximum atomic E-state index is 13.2. The highest BCUT2D eigenvalue weighted by Crippen LogP contribution is 2.34. The minimum absolute atomic E-state index is 0.0321. The summed E-state index contributed by atoms with van der Waals surface area (Å²) in [6.45, 7) is 4.10. The Morgan fingerprint density at radius 2 is 1.77 bits per heavy atom. The van der Waals surface area contributed by atoms with Gasteiger partial charge in [-0.1, -0.05) is 37.3 Å². The molecule has 31 heavy (non-hydrogen) atoms. The van der Waals surface area contributed by atoms with Crippen molar-refractivity contribution in [3.8, 4) is 5.75 Å². The van der Waals surface area contributed by atoms with Crippen LogP contribution in [0.2, 0.25) is 0 Å². The third-order valence-corrected chi connectivity index (χ3v) is 6.47. The fraction of sp³-hybridized carbons (Fsp3) is 0.440. The number of likely N-dealkylation sites (tertiary alicyclic amines) is 1. The number of carbonyl (C=O) groups excluding carboxylic acids is 2. The first-order chi connectivity index (χ1) is 15.1. The van der Waals surface area contributed by atoms with Crippen LogP contribution in [0.25, 0.3) is 0 Å². The summed E-state index contributed by atoms with van der Waals surface area (Å²) in [4.78, 5) is 30.1. The van der Waals surface area contributed by atoms with Gasteiger partial charge in [0.15, 0.2) is 0 Å². The average Bonchev–Trinajstić information content (AvgIpc) is 3.05. The van der Waals surface area contributed by atoms with Gasteiger partial charge in [-0.25, -0.2) is 0 Å². The number of amides is 2. The Morgan fingerprint density at radius 3 is 2.39 bits per heavy atom. The van der Waals surface area contributed by atoms with Gasteiger partial charge in [0.1, 0.15) is 5.75 Å². The minimum atomic E-state index is -0.358. The van der Waals surface area contributed by atoms with Crippen molar-refractivity contribution in [2.24, 2.45) is 0 Å². The molecule has 0 saturated carbocycles. The first-order valence-corrected chi connectivity index (χ1v) is 11.1. The first-order valence-electron chi connectivity index (χ1n) is 11.1. The summed E-state index contributed by atoms with van der Waals surface area (Å²) in [6, 6.07) is 17.2. The molecule has 2 heterocycles. The van der Waals surface area contributed by atoms with E-state index in [1.54, 1.807) is 7.11 Å². The summed E-state index contributed by atoms with van der Waals surface area (Å²) in [7, 11) is 1.61. The lowest BCUT2D eigenvalue weighted by molar-refractivity contribution is -0.133. The van der Waals surface area contributed by atoms with Crippen LogP contribution in [0, 0.1) is 0 Å². The fourth-order valence-electron chi connectivity index (χ4n) is 4.81. The lowest BCUT2D eigenvalue weighted by Gasteiger charge is -2.44. The minimum Gasteiger partial charge on any atom is -0.497 e. The van der Waals surface area contributed by atoms with E-state index >= 15 is 0 Å². The van der Waals surface area contributed by atoms with E-state index < -0.39 is 0 Å². The van der Waals surface area contributed by atoms with Crippen LogP contribution in [0.4, 0.5) is 0 Å². The Morgan fingerprint density at radius 1 is 1.10 bits per heavy atom. The van der Waals surface area contributed by atoms with E-state index in [0.717, 1.165) is 37.1 Å². The van der Waals surface area contributed by atoms with E-state index in [1.165, 1.54) is 0 Å². The number of rotatable bonds is 6. The normalized spacial score (nSPS) is 20.3. The number of nitrogens with zero attached hydrogens (tertiary/aromatic N) is 2. The lowest BCUT2D eigenvalue weighted by atomic mass is 9.95. The Kier molecular flexibility index (Phi) is 6.28. The molecule has 2 aliphatic rings. The molecule has 1 spiro atoms. The molecular weight excluding hydrogens is 390 g/mol. The number of hydrogen-bond acceptors (Lipinski definition) is 4. The summed E-state index contributed by atoms with van der Waals surface area (Å²) in [6.07, 6.45) is 3.09. The lowest BCUT2D eigenvalue weighted by Crippen LogP contribution is -2.59. The molecule has 164 valence electrons. The van der Waals surface area contributed by atoms with Crippen molar-refractivity contribution in [1.29, 1.82) is 0 Å². The van der Waals surface area contributed by atoms with Gasteiger partial charge in [-0.05, 0) is 42.7 Å². The summed E-state index contributed by atoms with van der Waals surface area (Å²) in [5, 5.41) is 3.68. The van der Waals surface area contributed by atoms with E-state index in [-0.39, 0.29) is 23.5 Å². The second kappa shape index (κ2) is 9.10. The highest BCUT2D eigenvalue weighted by molar-refractivity contribution is 5.94. The van der Waals surface area contributed by atoms with Crippen LogP contribution in [0.15, 0.2) is 54.6 Å². The molecule has 0 aromatic heterocycles. The van der Waals surface area contributed by atoms with Gasteiger partial charge in [0.05, 0.1) is 18.8 Å².